The van der Waals surface area contributed by atoms with Crippen LogP contribution in [0.15, 0.2) is 77.7 Å². The van der Waals surface area contributed by atoms with E-state index in [9.17, 15) is 4.79 Å². The van der Waals surface area contributed by atoms with Gasteiger partial charge in [-0.05, 0) is 17.2 Å². The van der Waals surface area contributed by atoms with Gasteiger partial charge in [-0.15, -0.1) is 0 Å². The van der Waals surface area contributed by atoms with Crippen LogP contribution in [-0.4, -0.2) is 15.2 Å². The van der Waals surface area contributed by atoms with E-state index in [-0.39, 0.29) is 5.91 Å². The minimum absolute atomic E-state index is 0.112. The first-order valence-corrected chi connectivity index (χ1v) is 8.73. The highest BCUT2D eigenvalue weighted by Gasteiger charge is 2.31. The molecule has 1 N–H and O–H groups in total. The van der Waals surface area contributed by atoms with Gasteiger partial charge in [-0.1, -0.05) is 96.8 Å². The summed E-state index contributed by atoms with van der Waals surface area (Å²) >= 11 is 6.60. The molecule has 3 nitrogen and oxygen atoms in total. The van der Waals surface area contributed by atoms with E-state index in [1.165, 1.54) is 16.8 Å². The second-order valence-corrected chi connectivity index (χ2v) is 6.81. The molecule has 3 rings (SSSR count). The zero-order valence-electron chi connectivity index (χ0n) is 12.9. The molecule has 1 aliphatic heterocycles. The van der Waals surface area contributed by atoms with Gasteiger partial charge in [0.05, 0.1) is 4.91 Å². The van der Waals surface area contributed by atoms with Gasteiger partial charge in [0.2, 0.25) is 0 Å². The quantitative estimate of drug-likeness (QED) is 0.647. The number of nitrogens with zero attached hydrogens (tertiary/aromatic N) is 1. The summed E-state index contributed by atoms with van der Waals surface area (Å²) in [5.41, 5.74) is 5.28. The number of thiocarbonyl (C=S) groups is 1. The van der Waals surface area contributed by atoms with Crippen LogP contribution in [0.4, 0.5) is 0 Å². The molecule has 0 spiro atoms. The van der Waals surface area contributed by atoms with Crippen molar-refractivity contribution in [1.82, 2.24) is 10.4 Å². The number of benzene rings is 2. The van der Waals surface area contributed by atoms with Gasteiger partial charge in [0.25, 0.3) is 5.91 Å². The van der Waals surface area contributed by atoms with E-state index in [0.717, 1.165) is 11.1 Å². The molecule has 5 heteroatoms. The molecule has 0 radical (unpaired) electrons. The topological polar surface area (TPSA) is 32.3 Å². The second kappa shape index (κ2) is 8.06. The fraction of sp³-hybridized carbons (Fsp3) is 0.0526. The molecule has 2 aromatic carbocycles. The molecule has 120 valence electrons. The van der Waals surface area contributed by atoms with Crippen molar-refractivity contribution >= 4 is 40.3 Å². The molecule has 0 aliphatic carbocycles. The van der Waals surface area contributed by atoms with Gasteiger partial charge in [0, 0.05) is 6.54 Å². The molecular weight excluding hydrogens is 336 g/mol. The fourth-order valence-corrected chi connectivity index (χ4v) is 3.36. The summed E-state index contributed by atoms with van der Waals surface area (Å²) in [5, 5.41) is 1.44. The Morgan fingerprint density at radius 3 is 2.42 bits per heavy atom. The molecule has 1 aliphatic rings. The number of amides is 1. The van der Waals surface area contributed by atoms with Crippen LogP contribution in [0.1, 0.15) is 11.1 Å². The predicted molar refractivity (Wildman–Crippen MR) is 104 cm³/mol. The van der Waals surface area contributed by atoms with Gasteiger partial charge in [-0.2, -0.15) is 0 Å². The lowest BCUT2D eigenvalue weighted by atomic mass is 10.2. The smallest absolute Gasteiger partial charge is 0.267 e. The molecule has 1 heterocycles. The van der Waals surface area contributed by atoms with E-state index in [1.54, 1.807) is 6.08 Å². The summed E-state index contributed by atoms with van der Waals surface area (Å²) in [6.45, 7) is 0.556. The molecular formula is C19H16N2OS2. The molecule has 0 bridgehead atoms. The number of carbonyl (C=O) groups is 1. The zero-order chi connectivity index (χ0) is 16.8. The highest BCUT2D eigenvalue weighted by atomic mass is 32.2. The minimum Gasteiger partial charge on any atom is -0.267 e. The van der Waals surface area contributed by atoms with Crippen molar-refractivity contribution in [2.24, 2.45) is 0 Å². The van der Waals surface area contributed by atoms with Gasteiger partial charge in [0.1, 0.15) is 0 Å². The van der Waals surface area contributed by atoms with E-state index in [0.29, 0.717) is 15.8 Å². The molecule has 2 aromatic rings. The molecule has 1 saturated heterocycles. The van der Waals surface area contributed by atoms with Crippen molar-refractivity contribution in [3.05, 3.63) is 88.8 Å². The van der Waals surface area contributed by atoms with E-state index in [1.807, 2.05) is 72.8 Å². The fourth-order valence-electron chi connectivity index (χ4n) is 2.20. The van der Waals surface area contributed by atoms with Crippen LogP contribution in [0, 0.1) is 0 Å². The van der Waals surface area contributed by atoms with Gasteiger partial charge in [-0.25, -0.2) is 10.4 Å². The van der Waals surface area contributed by atoms with Crippen LogP contribution in [0.5, 0.6) is 0 Å². The first-order valence-electron chi connectivity index (χ1n) is 7.51. The standard InChI is InChI=1S/C19H16N2OS2/c22-18-17(13-7-12-15-8-3-1-4-9-15)24-19(23)21(18)20-14-16-10-5-2-6-11-16/h1-13,20H,14H2/b12-7-,17-13+. The van der Waals surface area contributed by atoms with Crippen LogP contribution < -0.4 is 5.43 Å². The Morgan fingerprint density at radius 1 is 1.04 bits per heavy atom. The first-order chi connectivity index (χ1) is 11.7. The van der Waals surface area contributed by atoms with E-state index < -0.39 is 0 Å². The van der Waals surface area contributed by atoms with Crippen molar-refractivity contribution < 1.29 is 4.79 Å². The third-order valence-corrected chi connectivity index (χ3v) is 4.73. The summed E-state index contributed by atoms with van der Waals surface area (Å²) < 4.78 is 0.523. The Labute approximate surface area is 151 Å². The number of nitrogens with one attached hydrogen (secondary N) is 1. The number of hydrogen-bond acceptors (Lipinski definition) is 4. The van der Waals surface area contributed by atoms with Crippen LogP contribution in [0.25, 0.3) is 6.08 Å². The van der Waals surface area contributed by atoms with Gasteiger partial charge in [-0.3, -0.25) is 4.79 Å². The SMILES string of the molecule is O=C1/C(=C\C=C/c2ccccc2)SC(=S)N1NCc1ccccc1. The van der Waals surface area contributed by atoms with Gasteiger partial charge < -0.3 is 0 Å². The van der Waals surface area contributed by atoms with Crippen molar-refractivity contribution in [3.63, 3.8) is 0 Å². The van der Waals surface area contributed by atoms with Crippen LogP contribution >= 0.6 is 24.0 Å². The van der Waals surface area contributed by atoms with Crippen LogP contribution in [-0.2, 0) is 11.3 Å². The normalized spacial score (nSPS) is 16.5. The zero-order valence-corrected chi connectivity index (χ0v) is 14.5. The van der Waals surface area contributed by atoms with Crippen molar-refractivity contribution in [1.29, 1.82) is 0 Å². The maximum absolute atomic E-state index is 12.4. The monoisotopic (exact) mass is 352 g/mol. The molecule has 1 fully saturated rings. The summed E-state index contributed by atoms with van der Waals surface area (Å²) in [6, 6.07) is 19.9. The Bertz CT molecular complexity index is 786. The average molecular weight is 352 g/mol. The van der Waals surface area contributed by atoms with E-state index >= 15 is 0 Å². The lowest BCUT2D eigenvalue weighted by Crippen LogP contribution is -2.40. The number of rotatable bonds is 5. The highest BCUT2D eigenvalue weighted by molar-refractivity contribution is 8.26. The lowest BCUT2D eigenvalue weighted by Gasteiger charge is -2.15. The van der Waals surface area contributed by atoms with Crippen molar-refractivity contribution in [3.8, 4) is 0 Å². The molecule has 1 amide bonds. The van der Waals surface area contributed by atoms with Crippen LogP contribution in [0.2, 0.25) is 0 Å². The summed E-state index contributed by atoms with van der Waals surface area (Å²) in [5.74, 6) is -0.112. The second-order valence-electron chi connectivity index (χ2n) is 5.13. The van der Waals surface area contributed by atoms with Crippen LogP contribution in [0.3, 0.4) is 0 Å². The maximum atomic E-state index is 12.4. The number of hydrazine groups is 1. The van der Waals surface area contributed by atoms with E-state index in [4.69, 9.17) is 12.2 Å². The third kappa shape index (κ3) is 4.20. The lowest BCUT2D eigenvalue weighted by molar-refractivity contribution is -0.124. The highest BCUT2D eigenvalue weighted by Crippen LogP contribution is 2.29. The van der Waals surface area contributed by atoms with Gasteiger partial charge in [0.15, 0.2) is 4.32 Å². The van der Waals surface area contributed by atoms with Gasteiger partial charge >= 0.3 is 0 Å². The Balaban J connectivity index is 1.63. The molecule has 0 unspecified atom stereocenters. The Kier molecular flexibility index (Phi) is 5.59. The third-order valence-electron chi connectivity index (χ3n) is 3.41. The molecule has 0 atom stereocenters. The number of allylic oxidation sites excluding steroid dienone is 2. The average Bonchev–Trinajstić information content (AvgIpc) is 2.89. The number of carbonyl (C=O) groups excluding carboxylic acids is 1. The first kappa shape index (κ1) is 16.6. The molecule has 24 heavy (non-hydrogen) atoms. The summed E-state index contributed by atoms with van der Waals surface area (Å²) in [6.07, 6.45) is 5.64. The summed E-state index contributed by atoms with van der Waals surface area (Å²) in [7, 11) is 0. The molecule has 0 aromatic heterocycles. The predicted octanol–water partition coefficient (Wildman–Crippen LogP) is 4.15. The van der Waals surface area contributed by atoms with Crippen molar-refractivity contribution in [2.75, 3.05) is 0 Å². The number of hydrogen-bond donors (Lipinski definition) is 1. The van der Waals surface area contributed by atoms with Crippen molar-refractivity contribution in [2.45, 2.75) is 6.54 Å². The Morgan fingerprint density at radius 2 is 1.71 bits per heavy atom. The summed E-state index contributed by atoms with van der Waals surface area (Å²) in [4.78, 5) is 13.1. The Hall–Kier alpha value is -2.21. The minimum atomic E-state index is -0.112. The number of thioether (sulfide) groups is 1. The largest absolute Gasteiger partial charge is 0.280 e. The van der Waals surface area contributed by atoms with E-state index in [2.05, 4.69) is 5.43 Å². The molecule has 0 saturated carbocycles. The maximum Gasteiger partial charge on any atom is 0.280 e.